The Morgan fingerprint density at radius 3 is 2.00 bits per heavy atom. The minimum absolute atomic E-state index is 0.142. The summed E-state index contributed by atoms with van der Waals surface area (Å²) >= 11 is 3.71. The summed E-state index contributed by atoms with van der Waals surface area (Å²) in [6.45, 7) is 13.1. The van der Waals surface area contributed by atoms with Gasteiger partial charge in [-0.1, -0.05) is 94.2 Å². The van der Waals surface area contributed by atoms with E-state index >= 15 is 0 Å². The molecule has 0 aliphatic heterocycles. The molecule has 26 heavy (non-hydrogen) atoms. The van der Waals surface area contributed by atoms with Crippen molar-refractivity contribution >= 4 is 26.7 Å². The van der Waals surface area contributed by atoms with Crippen LogP contribution in [-0.4, -0.2) is 4.57 Å². The van der Waals surface area contributed by atoms with Crippen molar-refractivity contribution in [3.63, 3.8) is 0 Å². The first-order valence-corrected chi connectivity index (χ1v) is 10.9. The van der Waals surface area contributed by atoms with E-state index in [4.69, 9.17) is 0 Å². The van der Waals surface area contributed by atoms with Crippen LogP contribution in [0.15, 0.2) is 48.8 Å². The van der Waals surface area contributed by atoms with Crippen molar-refractivity contribution in [2.24, 2.45) is 0 Å². The average Bonchev–Trinajstić information content (AvgIpc) is 3.06. The van der Waals surface area contributed by atoms with Crippen LogP contribution in [0, 0.1) is 0 Å². The Hall–Kier alpha value is -1.54. The number of hydrogen-bond donors (Lipinski definition) is 0. The van der Waals surface area contributed by atoms with Crippen LogP contribution in [0.5, 0.6) is 0 Å². The van der Waals surface area contributed by atoms with Gasteiger partial charge in [0.15, 0.2) is 0 Å². The number of nitrogens with zero attached hydrogens (tertiary/aromatic N) is 1. The molecule has 0 saturated heterocycles. The molecule has 0 aliphatic rings. The van der Waals surface area contributed by atoms with Crippen molar-refractivity contribution in [2.45, 2.75) is 65.1 Å². The molecule has 140 valence electrons. The van der Waals surface area contributed by atoms with Gasteiger partial charge in [-0.2, -0.15) is 0 Å². The van der Waals surface area contributed by atoms with E-state index in [1.807, 2.05) is 13.8 Å². The Kier molecular flexibility index (Phi) is 7.11. The summed E-state index contributed by atoms with van der Waals surface area (Å²) in [6, 6.07) is 13.3. The first kappa shape index (κ1) is 20.8. The van der Waals surface area contributed by atoms with E-state index in [9.17, 15) is 0 Å². The molecule has 2 heteroatoms. The van der Waals surface area contributed by atoms with Gasteiger partial charge < -0.3 is 4.57 Å². The Balaban J connectivity index is 0.00000117. The lowest BCUT2D eigenvalue weighted by molar-refractivity contribution is 0.588. The molecule has 0 amide bonds. The highest BCUT2D eigenvalue weighted by Crippen LogP contribution is 2.32. The molecule has 1 heterocycles. The Labute approximate surface area is 167 Å². The van der Waals surface area contributed by atoms with Crippen LogP contribution in [0.1, 0.15) is 64.7 Å². The molecule has 0 saturated carbocycles. The standard InChI is InChI=1S/C22H26BrN.C2H6/c1-5-8-20-18(13-23)11-19(22(2,3)4)12-21(20)24-14-16-9-6-7-10-17(16)15-24;1-2/h6-7,9-12,14-15H,5,8,13H2,1-4H3;1-2H3. The molecule has 2 aromatic carbocycles. The minimum atomic E-state index is 0.142. The second kappa shape index (κ2) is 8.90. The number of aromatic nitrogens is 1. The van der Waals surface area contributed by atoms with E-state index in [0.717, 1.165) is 18.2 Å². The fourth-order valence-corrected chi connectivity index (χ4v) is 3.76. The highest BCUT2D eigenvalue weighted by atomic mass is 79.9. The number of rotatable bonds is 4. The van der Waals surface area contributed by atoms with E-state index in [1.54, 1.807) is 0 Å². The van der Waals surface area contributed by atoms with E-state index in [1.165, 1.54) is 33.2 Å². The van der Waals surface area contributed by atoms with Gasteiger partial charge in [-0.3, -0.25) is 0 Å². The van der Waals surface area contributed by atoms with Gasteiger partial charge in [-0.25, -0.2) is 0 Å². The highest BCUT2D eigenvalue weighted by molar-refractivity contribution is 9.08. The molecule has 0 N–H and O–H groups in total. The molecule has 0 fully saturated rings. The number of hydrogen-bond acceptors (Lipinski definition) is 0. The lowest BCUT2D eigenvalue weighted by Crippen LogP contribution is -2.14. The van der Waals surface area contributed by atoms with Crippen LogP contribution in [0.25, 0.3) is 16.5 Å². The summed E-state index contributed by atoms with van der Waals surface area (Å²) in [6.07, 6.45) is 6.78. The van der Waals surface area contributed by atoms with Crippen LogP contribution >= 0.6 is 15.9 Å². The highest BCUT2D eigenvalue weighted by Gasteiger charge is 2.19. The third-order valence-corrected chi connectivity index (χ3v) is 5.26. The molecule has 0 radical (unpaired) electrons. The second-order valence-corrected chi connectivity index (χ2v) is 8.12. The van der Waals surface area contributed by atoms with Gasteiger partial charge >= 0.3 is 0 Å². The Morgan fingerprint density at radius 2 is 1.54 bits per heavy atom. The molecule has 0 aliphatic carbocycles. The third kappa shape index (κ3) is 4.40. The molecule has 0 bridgehead atoms. The van der Waals surface area contributed by atoms with Crippen molar-refractivity contribution in [2.75, 3.05) is 0 Å². The molecule has 1 nitrogen and oxygen atoms in total. The second-order valence-electron chi connectivity index (χ2n) is 7.56. The normalized spacial score (nSPS) is 11.3. The predicted molar refractivity (Wildman–Crippen MR) is 120 cm³/mol. The summed E-state index contributed by atoms with van der Waals surface area (Å²) < 4.78 is 2.32. The topological polar surface area (TPSA) is 4.93 Å². The Bertz CT molecular complexity index is 819. The van der Waals surface area contributed by atoms with Gasteiger partial charge in [0.25, 0.3) is 0 Å². The van der Waals surface area contributed by atoms with Gasteiger partial charge in [0.1, 0.15) is 0 Å². The smallest absolute Gasteiger partial charge is 0.0487 e. The monoisotopic (exact) mass is 413 g/mol. The molecule has 0 atom stereocenters. The number of alkyl halides is 1. The largest absolute Gasteiger partial charge is 0.322 e. The number of benzene rings is 2. The van der Waals surface area contributed by atoms with E-state index in [0.29, 0.717) is 0 Å². The molecule has 3 aromatic rings. The van der Waals surface area contributed by atoms with Gasteiger partial charge in [0.05, 0.1) is 0 Å². The summed E-state index contributed by atoms with van der Waals surface area (Å²) in [4.78, 5) is 0. The van der Waals surface area contributed by atoms with Gasteiger partial charge in [0.2, 0.25) is 0 Å². The molecule has 0 unspecified atom stereocenters. The van der Waals surface area contributed by atoms with E-state index < -0.39 is 0 Å². The summed E-state index contributed by atoms with van der Waals surface area (Å²) in [7, 11) is 0. The van der Waals surface area contributed by atoms with Crippen molar-refractivity contribution in [1.29, 1.82) is 0 Å². The van der Waals surface area contributed by atoms with Crippen LogP contribution < -0.4 is 0 Å². The van der Waals surface area contributed by atoms with E-state index in [-0.39, 0.29) is 5.41 Å². The molecule has 0 spiro atoms. The summed E-state index contributed by atoms with van der Waals surface area (Å²) in [5, 5.41) is 3.49. The zero-order valence-corrected chi connectivity index (χ0v) is 18.7. The summed E-state index contributed by atoms with van der Waals surface area (Å²) in [5.74, 6) is 0. The fraction of sp³-hybridized carbons (Fsp3) is 0.417. The quantitative estimate of drug-likeness (QED) is 0.384. The number of fused-ring (bicyclic) bond motifs is 1. The summed E-state index contributed by atoms with van der Waals surface area (Å²) in [5.41, 5.74) is 5.74. The fourth-order valence-electron chi connectivity index (χ4n) is 3.26. The van der Waals surface area contributed by atoms with Crippen molar-refractivity contribution in [1.82, 2.24) is 4.57 Å². The van der Waals surface area contributed by atoms with Gasteiger partial charge in [-0.05, 0) is 45.4 Å². The lowest BCUT2D eigenvalue weighted by Gasteiger charge is -2.24. The van der Waals surface area contributed by atoms with Gasteiger partial charge in [0, 0.05) is 23.4 Å². The molecular formula is C24H32BrN. The van der Waals surface area contributed by atoms with Crippen LogP contribution in [0.4, 0.5) is 0 Å². The van der Waals surface area contributed by atoms with Crippen LogP contribution in [0.2, 0.25) is 0 Å². The van der Waals surface area contributed by atoms with Crippen LogP contribution in [0.3, 0.4) is 0 Å². The van der Waals surface area contributed by atoms with Gasteiger partial charge in [-0.15, -0.1) is 0 Å². The first-order chi connectivity index (χ1) is 12.4. The van der Waals surface area contributed by atoms with Crippen LogP contribution in [-0.2, 0) is 17.2 Å². The maximum Gasteiger partial charge on any atom is 0.0487 e. The maximum atomic E-state index is 3.71. The SMILES string of the molecule is CC.CCCc1c(CBr)cc(C(C)(C)C)cc1-n1cc2ccccc2c1. The zero-order chi connectivity index (χ0) is 19.3. The third-order valence-electron chi connectivity index (χ3n) is 4.66. The van der Waals surface area contributed by atoms with E-state index in [2.05, 4.69) is 97.0 Å². The molecule has 3 rings (SSSR count). The van der Waals surface area contributed by atoms with Crippen molar-refractivity contribution in [3.05, 3.63) is 65.5 Å². The molecular weight excluding hydrogens is 382 g/mol. The average molecular weight is 414 g/mol. The maximum absolute atomic E-state index is 3.71. The minimum Gasteiger partial charge on any atom is -0.322 e. The number of halogens is 1. The first-order valence-electron chi connectivity index (χ1n) is 9.73. The zero-order valence-electron chi connectivity index (χ0n) is 17.1. The molecule has 1 aromatic heterocycles. The van der Waals surface area contributed by atoms with Crippen molar-refractivity contribution in [3.8, 4) is 5.69 Å². The lowest BCUT2D eigenvalue weighted by atomic mass is 9.84. The predicted octanol–water partition coefficient (Wildman–Crippen LogP) is 7.80. The van der Waals surface area contributed by atoms with Crippen molar-refractivity contribution < 1.29 is 0 Å². The Morgan fingerprint density at radius 1 is 0.962 bits per heavy atom.